The van der Waals surface area contributed by atoms with Crippen LogP contribution in [0, 0.1) is 5.92 Å². The van der Waals surface area contributed by atoms with Crippen molar-refractivity contribution in [3.63, 3.8) is 0 Å². The summed E-state index contributed by atoms with van der Waals surface area (Å²) in [5.41, 5.74) is 2.98. The second kappa shape index (κ2) is 6.91. The van der Waals surface area contributed by atoms with Crippen LogP contribution in [0.25, 0.3) is 0 Å². The van der Waals surface area contributed by atoms with E-state index in [0.717, 1.165) is 26.2 Å². The standard InChI is InChI=1S/C16H25NO/c1-3-13-7-5-6-8-15(13)16(17-4-2)14-9-11-18-12-10-14/h5-8,14,16-17H,3-4,9-12H2,1-2H3. The van der Waals surface area contributed by atoms with E-state index >= 15 is 0 Å². The Morgan fingerprint density at radius 2 is 1.94 bits per heavy atom. The molecule has 1 aromatic rings. The van der Waals surface area contributed by atoms with Gasteiger partial charge in [0.05, 0.1) is 0 Å². The zero-order chi connectivity index (χ0) is 12.8. The Bertz CT molecular complexity index is 358. The van der Waals surface area contributed by atoms with Crippen LogP contribution in [0.3, 0.4) is 0 Å². The van der Waals surface area contributed by atoms with Crippen molar-refractivity contribution in [3.8, 4) is 0 Å². The Balaban J connectivity index is 2.22. The Kier molecular flexibility index (Phi) is 5.21. The van der Waals surface area contributed by atoms with Crippen LogP contribution >= 0.6 is 0 Å². The summed E-state index contributed by atoms with van der Waals surface area (Å²) in [6.07, 6.45) is 3.46. The van der Waals surface area contributed by atoms with Gasteiger partial charge >= 0.3 is 0 Å². The molecule has 0 saturated carbocycles. The smallest absolute Gasteiger partial charge is 0.0469 e. The minimum absolute atomic E-state index is 0.495. The van der Waals surface area contributed by atoms with Gasteiger partial charge in [-0.25, -0.2) is 0 Å². The third-order valence-electron chi connectivity index (χ3n) is 3.93. The molecule has 100 valence electrons. The molecule has 18 heavy (non-hydrogen) atoms. The quantitative estimate of drug-likeness (QED) is 0.861. The van der Waals surface area contributed by atoms with Crippen LogP contribution in [-0.4, -0.2) is 19.8 Å². The van der Waals surface area contributed by atoms with Gasteiger partial charge in [0.1, 0.15) is 0 Å². The summed E-state index contributed by atoms with van der Waals surface area (Å²) in [5, 5.41) is 3.69. The molecule has 1 aliphatic rings. The number of benzene rings is 1. The number of hydrogen-bond acceptors (Lipinski definition) is 2. The first-order valence-corrected chi connectivity index (χ1v) is 7.25. The van der Waals surface area contributed by atoms with Gasteiger partial charge in [0.2, 0.25) is 0 Å². The topological polar surface area (TPSA) is 21.3 Å². The molecule has 2 heteroatoms. The second-order valence-electron chi connectivity index (χ2n) is 5.04. The number of ether oxygens (including phenoxy) is 1. The van der Waals surface area contributed by atoms with Crippen LogP contribution in [0.2, 0.25) is 0 Å². The molecule has 2 rings (SSSR count). The molecule has 1 atom stereocenters. The summed E-state index contributed by atoms with van der Waals surface area (Å²) in [5.74, 6) is 0.714. The van der Waals surface area contributed by atoms with E-state index in [1.807, 2.05) is 0 Å². The molecule has 0 bridgehead atoms. The monoisotopic (exact) mass is 247 g/mol. The molecule has 0 aliphatic carbocycles. The molecule has 1 unspecified atom stereocenters. The SMILES string of the molecule is CCNC(c1ccccc1CC)C1CCOCC1. The minimum Gasteiger partial charge on any atom is -0.381 e. The molecule has 1 saturated heterocycles. The van der Waals surface area contributed by atoms with Crippen molar-refractivity contribution in [1.29, 1.82) is 0 Å². The van der Waals surface area contributed by atoms with E-state index in [9.17, 15) is 0 Å². The highest BCUT2D eigenvalue weighted by atomic mass is 16.5. The molecule has 0 aromatic heterocycles. The van der Waals surface area contributed by atoms with Gasteiger partial charge < -0.3 is 10.1 Å². The van der Waals surface area contributed by atoms with Gasteiger partial charge in [0, 0.05) is 19.3 Å². The van der Waals surface area contributed by atoms with Gasteiger partial charge in [0.25, 0.3) is 0 Å². The van der Waals surface area contributed by atoms with Crippen LogP contribution in [0.1, 0.15) is 43.9 Å². The average Bonchev–Trinajstić information content (AvgIpc) is 2.46. The summed E-state index contributed by atoms with van der Waals surface area (Å²) in [6.45, 7) is 7.30. The highest BCUT2D eigenvalue weighted by Gasteiger charge is 2.25. The van der Waals surface area contributed by atoms with Crippen LogP contribution in [0.15, 0.2) is 24.3 Å². The number of nitrogens with one attached hydrogen (secondary N) is 1. The fourth-order valence-corrected chi connectivity index (χ4v) is 2.96. The number of hydrogen-bond donors (Lipinski definition) is 1. The highest BCUT2D eigenvalue weighted by molar-refractivity contribution is 5.30. The van der Waals surface area contributed by atoms with E-state index in [2.05, 4.69) is 43.4 Å². The van der Waals surface area contributed by atoms with Crippen molar-refractivity contribution >= 4 is 0 Å². The van der Waals surface area contributed by atoms with E-state index in [1.165, 1.54) is 24.0 Å². The summed E-state index contributed by atoms with van der Waals surface area (Å²) in [7, 11) is 0. The van der Waals surface area contributed by atoms with Crippen LogP contribution < -0.4 is 5.32 Å². The maximum atomic E-state index is 5.49. The lowest BCUT2D eigenvalue weighted by Gasteiger charge is -2.32. The molecule has 1 N–H and O–H groups in total. The molecule has 0 spiro atoms. The molecule has 2 nitrogen and oxygen atoms in total. The molecule has 0 radical (unpaired) electrons. The third kappa shape index (κ3) is 3.12. The number of aryl methyl sites for hydroxylation is 1. The Hall–Kier alpha value is -0.860. The summed E-state index contributed by atoms with van der Waals surface area (Å²) in [4.78, 5) is 0. The van der Waals surface area contributed by atoms with E-state index < -0.39 is 0 Å². The van der Waals surface area contributed by atoms with Crippen LogP contribution in [0.4, 0.5) is 0 Å². The summed E-state index contributed by atoms with van der Waals surface area (Å²) in [6, 6.07) is 9.36. The molecule has 1 aliphatic heterocycles. The molecular weight excluding hydrogens is 222 g/mol. The van der Waals surface area contributed by atoms with Crippen LogP contribution in [-0.2, 0) is 11.2 Å². The van der Waals surface area contributed by atoms with Crippen molar-refractivity contribution in [2.24, 2.45) is 5.92 Å². The van der Waals surface area contributed by atoms with Crippen molar-refractivity contribution < 1.29 is 4.74 Å². The lowest BCUT2D eigenvalue weighted by Crippen LogP contribution is -2.32. The lowest BCUT2D eigenvalue weighted by molar-refractivity contribution is 0.0537. The lowest BCUT2D eigenvalue weighted by atomic mass is 9.84. The van der Waals surface area contributed by atoms with E-state index in [0.29, 0.717) is 12.0 Å². The molecule has 1 aromatic carbocycles. The summed E-state index contributed by atoms with van der Waals surface area (Å²) >= 11 is 0. The fourth-order valence-electron chi connectivity index (χ4n) is 2.96. The first-order chi connectivity index (χ1) is 8.86. The average molecular weight is 247 g/mol. The zero-order valence-corrected chi connectivity index (χ0v) is 11.6. The van der Waals surface area contributed by atoms with Gasteiger partial charge in [-0.3, -0.25) is 0 Å². The maximum Gasteiger partial charge on any atom is 0.0469 e. The Labute approximate surface area is 111 Å². The molecule has 1 heterocycles. The van der Waals surface area contributed by atoms with E-state index in [-0.39, 0.29) is 0 Å². The van der Waals surface area contributed by atoms with Gasteiger partial charge in [-0.1, -0.05) is 38.1 Å². The van der Waals surface area contributed by atoms with Crippen molar-refractivity contribution in [1.82, 2.24) is 5.32 Å². The largest absolute Gasteiger partial charge is 0.381 e. The van der Waals surface area contributed by atoms with Crippen LogP contribution in [0.5, 0.6) is 0 Å². The van der Waals surface area contributed by atoms with Gasteiger partial charge in [-0.05, 0) is 42.9 Å². The van der Waals surface area contributed by atoms with Crippen molar-refractivity contribution in [2.45, 2.75) is 39.2 Å². The van der Waals surface area contributed by atoms with E-state index in [4.69, 9.17) is 4.74 Å². The van der Waals surface area contributed by atoms with Gasteiger partial charge in [-0.15, -0.1) is 0 Å². The van der Waals surface area contributed by atoms with E-state index in [1.54, 1.807) is 0 Å². The van der Waals surface area contributed by atoms with Crippen molar-refractivity contribution in [2.75, 3.05) is 19.8 Å². The predicted molar refractivity (Wildman–Crippen MR) is 75.8 cm³/mol. The molecular formula is C16H25NO. The molecule has 0 amide bonds. The van der Waals surface area contributed by atoms with Crippen molar-refractivity contribution in [3.05, 3.63) is 35.4 Å². The highest BCUT2D eigenvalue weighted by Crippen LogP contribution is 2.32. The predicted octanol–water partition coefficient (Wildman–Crippen LogP) is 3.33. The fraction of sp³-hybridized carbons (Fsp3) is 0.625. The normalized spacial score (nSPS) is 18.8. The first-order valence-electron chi connectivity index (χ1n) is 7.25. The zero-order valence-electron chi connectivity index (χ0n) is 11.6. The Morgan fingerprint density at radius 3 is 2.61 bits per heavy atom. The van der Waals surface area contributed by atoms with Gasteiger partial charge in [0.15, 0.2) is 0 Å². The minimum atomic E-state index is 0.495. The second-order valence-corrected chi connectivity index (χ2v) is 5.04. The third-order valence-corrected chi connectivity index (χ3v) is 3.93. The summed E-state index contributed by atoms with van der Waals surface area (Å²) < 4.78 is 5.49. The maximum absolute atomic E-state index is 5.49. The first kappa shape index (κ1) is 13.6. The van der Waals surface area contributed by atoms with Gasteiger partial charge in [-0.2, -0.15) is 0 Å². The Morgan fingerprint density at radius 1 is 1.22 bits per heavy atom. The number of rotatable bonds is 5. The molecule has 1 fully saturated rings.